The summed E-state index contributed by atoms with van der Waals surface area (Å²) < 4.78 is 11.5. The minimum atomic E-state index is -0.441. The van der Waals surface area contributed by atoms with Gasteiger partial charge in [0.15, 0.2) is 0 Å². The van der Waals surface area contributed by atoms with Crippen molar-refractivity contribution in [2.45, 2.75) is 208 Å². The topological polar surface area (TPSA) is 35.5 Å². The Hall–Kier alpha value is -1.25. The van der Waals surface area contributed by atoms with Crippen molar-refractivity contribution >= 4 is 6.16 Å². The van der Waals surface area contributed by atoms with E-state index in [1.807, 2.05) is 0 Å². The second-order valence-corrected chi connectivity index (χ2v) is 18.3. The van der Waals surface area contributed by atoms with E-state index in [4.69, 9.17) is 9.47 Å². The number of fused-ring (bicyclic) bond motifs is 5. The van der Waals surface area contributed by atoms with Gasteiger partial charge in [-0.2, -0.15) is 0 Å². The van der Waals surface area contributed by atoms with Crippen LogP contribution in [-0.2, 0) is 9.47 Å². The molecule has 282 valence electrons. The van der Waals surface area contributed by atoms with Gasteiger partial charge < -0.3 is 9.47 Å². The van der Waals surface area contributed by atoms with E-state index < -0.39 is 6.16 Å². The molecule has 4 aliphatic rings. The van der Waals surface area contributed by atoms with Gasteiger partial charge in [0.25, 0.3) is 0 Å². The molecule has 0 heterocycles. The third kappa shape index (κ3) is 11.6. The minimum absolute atomic E-state index is 0.0142. The number of carbonyl (C=O) groups is 1. The van der Waals surface area contributed by atoms with Crippen molar-refractivity contribution in [2.75, 3.05) is 6.61 Å². The number of unbranched alkanes of at least 4 members (excludes halogenated alkanes) is 12. The first-order chi connectivity index (χ1) is 23.7. The van der Waals surface area contributed by atoms with Crippen LogP contribution in [0, 0.1) is 46.3 Å². The van der Waals surface area contributed by atoms with Crippen LogP contribution in [0.15, 0.2) is 23.8 Å². The van der Waals surface area contributed by atoms with Gasteiger partial charge in [-0.25, -0.2) is 4.79 Å². The van der Waals surface area contributed by atoms with Gasteiger partial charge in [-0.15, -0.1) is 0 Å². The molecule has 0 N–H and O–H groups in total. The average Bonchev–Trinajstić information content (AvgIpc) is 3.43. The SMILES string of the molecule is CCCCCCCC/C=C\CCCCCCCCOC(=O)OC1CCC2(C)C(=CCC3C2CCC2(C)C(C(C)CCCC(C)C)CCC32)C1. The van der Waals surface area contributed by atoms with E-state index in [-0.39, 0.29) is 6.10 Å². The van der Waals surface area contributed by atoms with Crippen LogP contribution in [0.2, 0.25) is 0 Å². The Morgan fingerprint density at radius 2 is 1.47 bits per heavy atom. The summed E-state index contributed by atoms with van der Waals surface area (Å²) in [6.45, 7) is 15.4. The first kappa shape index (κ1) is 40.5. The quantitative estimate of drug-likeness (QED) is 0.0648. The highest BCUT2D eigenvalue weighted by atomic mass is 16.7. The molecule has 0 bridgehead atoms. The normalized spacial score (nSPS) is 31.7. The Balaban J connectivity index is 1.08. The molecule has 3 heteroatoms. The highest BCUT2D eigenvalue weighted by Gasteiger charge is 2.59. The van der Waals surface area contributed by atoms with Gasteiger partial charge in [-0.05, 0) is 123 Å². The molecule has 0 aromatic rings. The van der Waals surface area contributed by atoms with Crippen molar-refractivity contribution in [1.82, 2.24) is 0 Å². The molecule has 0 amide bonds. The van der Waals surface area contributed by atoms with Crippen molar-refractivity contribution in [3.05, 3.63) is 23.8 Å². The molecule has 4 aliphatic carbocycles. The van der Waals surface area contributed by atoms with Crippen molar-refractivity contribution in [3.63, 3.8) is 0 Å². The zero-order valence-electron chi connectivity index (χ0n) is 33.4. The predicted molar refractivity (Wildman–Crippen MR) is 209 cm³/mol. The lowest BCUT2D eigenvalue weighted by Crippen LogP contribution is -2.51. The molecule has 49 heavy (non-hydrogen) atoms. The molecular weight excluding hydrogens is 601 g/mol. The Morgan fingerprint density at radius 1 is 0.796 bits per heavy atom. The summed E-state index contributed by atoms with van der Waals surface area (Å²) in [5, 5.41) is 0. The lowest BCUT2D eigenvalue weighted by Gasteiger charge is -2.58. The lowest BCUT2D eigenvalue weighted by molar-refractivity contribution is -0.0617. The Bertz CT molecular complexity index is 1010. The summed E-state index contributed by atoms with van der Waals surface area (Å²) in [6, 6.07) is 0. The van der Waals surface area contributed by atoms with Crippen LogP contribution in [-0.4, -0.2) is 18.9 Å². The first-order valence-electron chi connectivity index (χ1n) is 21.9. The summed E-state index contributed by atoms with van der Waals surface area (Å²) >= 11 is 0. The van der Waals surface area contributed by atoms with Gasteiger partial charge in [0.2, 0.25) is 0 Å². The molecule has 8 unspecified atom stereocenters. The summed E-state index contributed by atoms with van der Waals surface area (Å²) in [5.74, 6) is 5.15. The third-order valence-electron chi connectivity index (χ3n) is 14.4. The van der Waals surface area contributed by atoms with Gasteiger partial charge in [0.05, 0.1) is 6.61 Å². The van der Waals surface area contributed by atoms with Crippen LogP contribution in [0.4, 0.5) is 4.79 Å². The molecule has 3 nitrogen and oxygen atoms in total. The summed E-state index contributed by atoms with van der Waals surface area (Å²) in [4.78, 5) is 12.6. The van der Waals surface area contributed by atoms with E-state index in [1.165, 1.54) is 128 Å². The van der Waals surface area contributed by atoms with Gasteiger partial charge in [-0.3, -0.25) is 0 Å². The molecule has 0 saturated heterocycles. The highest BCUT2D eigenvalue weighted by Crippen LogP contribution is 2.67. The van der Waals surface area contributed by atoms with Gasteiger partial charge >= 0.3 is 6.16 Å². The largest absolute Gasteiger partial charge is 0.508 e. The van der Waals surface area contributed by atoms with Crippen LogP contribution in [0.3, 0.4) is 0 Å². The Labute approximate surface area is 304 Å². The van der Waals surface area contributed by atoms with E-state index in [9.17, 15) is 4.79 Å². The van der Waals surface area contributed by atoms with Crippen LogP contribution in [0.1, 0.15) is 202 Å². The second kappa shape index (κ2) is 20.7. The standard InChI is InChI=1S/C46H80O3/c1-7-8-9-10-11-12-13-14-15-16-17-18-19-20-21-22-34-48-44(47)49-39-30-32-45(5)38(35-39)26-27-40-42-29-28-41(37(4)25-23-24-36(2)3)46(42,6)33-31-43(40)45/h14-15,26,36-37,39-43H,7-13,16-25,27-35H2,1-6H3/b15-14-. The number of ether oxygens (including phenoxy) is 2. The summed E-state index contributed by atoms with van der Waals surface area (Å²) in [7, 11) is 0. The minimum Gasteiger partial charge on any atom is -0.434 e. The van der Waals surface area contributed by atoms with Crippen molar-refractivity contribution in [2.24, 2.45) is 46.3 Å². The van der Waals surface area contributed by atoms with E-state index in [2.05, 4.69) is 59.8 Å². The maximum atomic E-state index is 12.6. The number of rotatable bonds is 22. The maximum Gasteiger partial charge on any atom is 0.508 e. The molecule has 3 saturated carbocycles. The Kier molecular flexibility index (Phi) is 17.1. The number of hydrogen-bond donors (Lipinski definition) is 0. The molecular formula is C46H80O3. The number of hydrogen-bond acceptors (Lipinski definition) is 3. The van der Waals surface area contributed by atoms with E-state index in [0.717, 1.165) is 67.6 Å². The molecule has 4 rings (SSSR count). The van der Waals surface area contributed by atoms with Crippen molar-refractivity contribution < 1.29 is 14.3 Å². The number of allylic oxidation sites excluding steroid dienone is 3. The molecule has 0 aromatic heterocycles. The van der Waals surface area contributed by atoms with Crippen molar-refractivity contribution in [1.29, 1.82) is 0 Å². The van der Waals surface area contributed by atoms with E-state index >= 15 is 0 Å². The smallest absolute Gasteiger partial charge is 0.434 e. The fourth-order valence-electron chi connectivity index (χ4n) is 11.4. The first-order valence-corrected chi connectivity index (χ1v) is 21.9. The zero-order chi connectivity index (χ0) is 35.1. The third-order valence-corrected chi connectivity index (χ3v) is 14.4. The predicted octanol–water partition coefficient (Wildman–Crippen LogP) is 14.6. The van der Waals surface area contributed by atoms with Gasteiger partial charge in [-0.1, -0.05) is 142 Å². The van der Waals surface area contributed by atoms with Crippen LogP contribution in [0.5, 0.6) is 0 Å². The lowest BCUT2D eigenvalue weighted by atomic mass is 9.47. The molecule has 0 radical (unpaired) electrons. The fourth-order valence-corrected chi connectivity index (χ4v) is 11.4. The van der Waals surface area contributed by atoms with E-state index in [0.29, 0.717) is 17.4 Å². The maximum absolute atomic E-state index is 12.6. The molecule has 3 fully saturated rings. The zero-order valence-corrected chi connectivity index (χ0v) is 33.4. The van der Waals surface area contributed by atoms with Crippen LogP contribution in [0.25, 0.3) is 0 Å². The molecule has 0 aliphatic heterocycles. The molecule has 0 aromatic carbocycles. The van der Waals surface area contributed by atoms with Crippen LogP contribution < -0.4 is 0 Å². The van der Waals surface area contributed by atoms with Crippen molar-refractivity contribution in [3.8, 4) is 0 Å². The highest BCUT2D eigenvalue weighted by molar-refractivity contribution is 5.60. The average molecular weight is 681 g/mol. The summed E-state index contributed by atoms with van der Waals surface area (Å²) in [5.41, 5.74) is 2.42. The van der Waals surface area contributed by atoms with E-state index in [1.54, 1.807) is 5.57 Å². The van der Waals surface area contributed by atoms with Crippen LogP contribution >= 0.6 is 0 Å². The number of carbonyl (C=O) groups excluding carboxylic acids is 1. The summed E-state index contributed by atoms with van der Waals surface area (Å²) in [6.07, 6.45) is 39.2. The van der Waals surface area contributed by atoms with Gasteiger partial charge in [0.1, 0.15) is 6.10 Å². The second-order valence-electron chi connectivity index (χ2n) is 18.3. The Morgan fingerprint density at radius 3 is 2.16 bits per heavy atom. The van der Waals surface area contributed by atoms with Gasteiger partial charge in [0, 0.05) is 6.42 Å². The monoisotopic (exact) mass is 681 g/mol. The molecule has 0 spiro atoms. The molecule has 8 atom stereocenters. The fraction of sp³-hybridized carbons (Fsp3) is 0.891.